The zero-order valence-electron chi connectivity index (χ0n) is 19.6. The molecule has 36 heavy (non-hydrogen) atoms. The lowest BCUT2D eigenvalue weighted by atomic mass is 9.94. The normalized spacial score (nSPS) is 15.3. The van der Waals surface area contributed by atoms with E-state index < -0.39 is 11.9 Å². The molecule has 194 valence electrons. The van der Waals surface area contributed by atoms with Crippen molar-refractivity contribution in [2.45, 2.75) is 32.2 Å². The minimum Gasteiger partial charge on any atom is -0.494 e. The van der Waals surface area contributed by atoms with Gasteiger partial charge >= 0.3 is 6.36 Å². The van der Waals surface area contributed by atoms with Gasteiger partial charge in [0.2, 0.25) is 0 Å². The molecule has 11 heteroatoms. The predicted molar refractivity (Wildman–Crippen MR) is 127 cm³/mol. The molecule has 0 saturated carbocycles. The summed E-state index contributed by atoms with van der Waals surface area (Å²) in [5.74, 6) is 0.487. The third-order valence-electron chi connectivity index (χ3n) is 6.33. The van der Waals surface area contributed by atoms with E-state index in [-0.39, 0.29) is 16.6 Å². The van der Waals surface area contributed by atoms with E-state index in [4.69, 9.17) is 16.3 Å². The minimum atomic E-state index is -4.79. The molecule has 0 radical (unpaired) electrons. The van der Waals surface area contributed by atoms with Gasteiger partial charge < -0.3 is 9.47 Å². The van der Waals surface area contributed by atoms with E-state index in [9.17, 15) is 22.4 Å². The number of alkyl halides is 3. The van der Waals surface area contributed by atoms with Crippen LogP contribution in [0.3, 0.4) is 0 Å². The van der Waals surface area contributed by atoms with Gasteiger partial charge in [-0.05, 0) is 86.8 Å². The molecule has 0 amide bonds. The first kappa shape index (κ1) is 26.1. The van der Waals surface area contributed by atoms with Crippen LogP contribution in [-0.4, -0.2) is 40.3 Å². The van der Waals surface area contributed by atoms with Crippen LogP contribution in [0.4, 0.5) is 17.6 Å². The lowest BCUT2D eigenvalue weighted by Gasteiger charge is -2.32. The first-order valence-electron chi connectivity index (χ1n) is 11.5. The third kappa shape index (κ3) is 6.41. The van der Waals surface area contributed by atoms with E-state index in [2.05, 4.69) is 9.64 Å². The Hall–Kier alpha value is -2.98. The molecule has 1 aliphatic heterocycles. The average Bonchev–Trinajstić information content (AvgIpc) is 3.04. The van der Waals surface area contributed by atoms with Crippen LogP contribution in [0.1, 0.15) is 25.0 Å². The summed E-state index contributed by atoms with van der Waals surface area (Å²) in [6, 6.07) is 11.0. The topological polar surface area (TPSA) is 48.6 Å². The Morgan fingerprint density at radius 2 is 1.61 bits per heavy atom. The van der Waals surface area contributed by atoms with Crippen molar-refractivity contribution in [2.75, 3.05) is 19.7 Å². The molecule has 1 aliphatic rings. The highest BCUT2D eigenvalue weighted by molar-refractivity contribution is 6.31. The largest absolute Gasteiger partial charge is 0.573 e. The smallest absolute Gasteiger partial charge is 0.494 e. The monoisotopic (exact) mass is 527 g/mol. The van der Waals surface area contributed by atoms with Gasteiger partial charge in [-0.3, -0.25) is 14.4 Å². The second-order valence-electron chi connectivity index (χ2n) is 8.75. The van der Waals surface area contributed by atoms with Crippen LogP contribution in [-0.2, 0) is 13.6 Å². The van der Waals surface area contributed by atoms with Crippen molar-refractivity contribution in [1.29, 1.82) is 0 Å². The minimum absolute atomic E-state index is 0.0861. The van der Waals surface area contributed by atoms with Gasteiger partial charge in [-0.2, -0.15) is 0 Å². The molecule has 3 aromatic rings. The molecule has 0 aliphatic carbocycles. The summed E-state index contributed by atoms with van der Waals surface area (Å²) in [7, 11) is 1.70. The standard InChI is InChI=1S/C25H26ClF4N3O3/c1-31-22(23(26)24(34)33(31)19-4-8-21(9-5-19)36-25(28,29)30)16-32-13-10-17(11-14-32)12-15-35-20-6-2-18(27)3-7-20/h2-9,17H,10-16H2,1H3. The van der Waals surface area contributed by atoms with Gasteiger partial charge in [-0.15, -0.1) is 13.2 Å². The Morgan fingerprint density at radius 1 is 1.00 bits per heavy atom. The van der Waals surface area contributed by atoms with Crippen LogP contribution in [0.15, 0.2) is 53.3 Å². The van der Waals surface area contributed by atoms with Crippen molar-refractivity contribution >= 4 is 11.6 Å². The zero-order valence-corrected chi connectivity index (χ0v) is 20.4. The van der Waals surface area contributed by atoms with Crippen molar-refractivity contribution < 1.29 is 27.0 Å². The molecule has 6 nitrogen and oxygen atoms in total. The summed E-state index contributed by atoms with van der Waals surface area (Å²) >= 11 is 6.38. The van der Waals surface area contributed by atoms with E-state index in [1.54, 1.807) is 23.9 Å². The summed E-state index contributed by atoms with van der Waals surface area (Å²) in [5.41, 5.74) is 0.576. The lowest BCUT2D eigenvalue weighted by molar-refractivity contribution is -0.274. The number of benzene rings is 2. The van der Waals surface area contributed by atoms with Crippen LogP contribution in [0, 0.1) is 11.7 Å². The SMILES string of the molecule is Cn1c(CN2CCC(CCOc3ccc(F)cc3)CC2)c(Cl)c(=O)n1-c1ccc(OC(F)(F)F)cc1. The molecule has 0 spiro atoms. The molecular weight excluding hydrogens is 502 g/mol. The fourth-order valence-corrected chi connectivity index (χ4v) is 4.65. The van der Waals surface area contributed by atoms with Gasteiger partial charge in [0, 0.05) is 13.6 Å². The zero-order chi connectivity index (χ0) is 25.9. The highest BCUT2D eigenvalue weighted by Crippen LogP contribution is 2.26. The van der Waals surface area contributed by atoms with Gasteiger partial charge in [0.25, 0.3) is 5.56 Å². The van der Waals surface area contributed by atoms with E-state index in [0.717, 1.165) is 44.5 Å². The molecule has 1 saturated heterocycles. The second-order valence-corrected chi connectivity index (χ2v) is 9.13. The Balaban J connectivity index is 1.33. The molecular formula is C25H26ClF4N3O3. The number of ether oxygens (including phenoxy) is 2. The molecule has 0 N–H and O–H groups in total. The van der Waals surface area contributed by atoms with E-state index in [0.29, 0.717) is 36.2 Å². The third-order valence-corrected chi connectivity index (χ3v) is 6.71. The van der Waals surface area contributed by atoms with Crippen LogP contribution in [0.2, 0.25) is 5.02 Å². The van der Waals surface area contributed by atoms with E-state index in [1.165, 1.54) is 28.9 Å². The molecule has 1 aromatic heterocycles. The average molecular weight is 528 g/mol. The van der Waals surface area contributed by atoms with Crippen molar-refractivity contribution in [3.05, 3.63) is 75.4 Å². The van der Waals surface area contributed by atoms with Crippen molar-refractivity contribution in [1.82, 2.24) is 14.3 Å². The number of aromatic nitrogens is 2. The number of piperidine rings is 1. The van der Waals surface area contributed by atoms with Crippen LogP contribution >= 0.6 is 11.6 Å². The Morgan fingerprint density at radius 3 is 2.22 bits per heavy atom. The maximum Gasteiger partial charge on any atom is 0.573 e. The van der Waals surface area contributed by atoms with Crippen molar-refractivity contribution in [3.63, 3.8) is 0 Å². The Kier molecular flexibility index (Phi) is 7.94. The summed E-state index contributed by atoms with van der Waals surface area (Å²) in [5, 5.41) is 0.0861. The molecule has 1 fully saturated rings. The summed E-state index contributed by atoms with van der Waals surface area (Å²) < 4.78 is 62.8. The fraction of sp³-hybridized carbons (Fsp3) is 0.400. The number of hydrogen-bond acceptors (Lipinski definition) is 4. The molecule has 2 aromatic carbocycles. The number of rotatable bonds is 8. The molecule has 0 bridgehead atoms. The molecule has 4 rings (SSSR count). The number of nitrogens with zero attached hydrogens (tertiary/aromatic N) is 3. The van der Waals surface area contributed by atoms with Crippen LogP contribution < -0.4 is 15.0 Å². The predicted octanol–water partition coefficient (Wildman–Crippen LogP) is 5.55. The summed E-state index contributed by atoms with van der Waals surface area (Å²) in [6.07, 6.45) is -1.95. The number of likely N-dealkylation sites (tertiary alicyclic amines) is 1. The van der Waals surface area contributed by atoms with Gasteiger partial charge in [0.05, 0.1) is 18.0 Å². The number of hydrogen-bond donors (Lipinski definition) is 0. The van der Waals surface area contributed by atoms with Crippen LogP contribution in [0.25, 0.3) is 5.69 Å². The lowest BCUT2D eigenvalue weighted by Crippen LogP contribution is -2.34. The maximum absolute atomic E-state index is 13.0. The highest BCUT2D eigenvalue weighted by atomic mass is 35.5. The molecule has 0 atom stereocenters. The second kappa shape index (κ2) is 11.0. The summed E-state index contributed by atoms with van der Waals surface area (Å²) in [4.78, 5) is 15.0. The molecule has 0 unspecified atom stereocenters. The molecule has 2 heterocycles. The van der Waals surface area contributed by atoms with Gasteiger partial charge in [0.15, 0.2) is 0 Å². The highest BCUT2D eigenvalue weighted by Gasteiger charge is 2.31. The fourth-order valence-electron chi connectivity index (χ4n) is 4.39. The summed E-state index contributed by atoms with van der Waals surface area (Å²) in [6.45, 7) is 2.71. The first-order valence-corrected chi connectivity index (χ1v) is 11.9. The number of halogens is 5. The Bertz CT molecular complexity index is 1220. The van der Waals surface area contributed by atoms with Crippen LogP contribution in [0.5, 0.6) is 11.5 Å². The van der Waals surface area contributed by atoms with Crippen molar-refractivity contribution in [3.8, 4) is 17.2 Å². The van der Waals surface area contributed by atoms with Crippen molar-refractivity contribution in [2.24, 2.45) is 13.0 Å². The maximum atomic E-state index is 13.0. The quantitative estimate of drug-likeness (QED) is 0.361. The first-order chi connectivity index (χ1) is 17.1. The van der Waals surface area contributed by atoms with E-state index in [1.807, 2.05) is 0 Å². The van der Waals surface area contributed by atoms with Gasteiger partial charge in [-0.25, -0.2) is 9.07 Å². The Labute approximate surface area is 210 Å². The van der Waals surface area contributed by atoms with E-state index >= 15 is 0 Å². The van der Waals surface area contributed by atoms with Gasteiger partial charge in [-0.1, -0.05) is 11.6 Å². The van der Waals surface area contributed by atoms with Gasteiger partial charge in [0.1, 0.15) is 22.3 Å².